The van der Waals surface area contributed by atoms with Gasteiger partial charge in [-0.15, -0.1) is 0 Å². The highest BCUT2D eigenvalue weighted by atomic mass is 79.9. The molecule has 0 spiro atoms. The summed E-state index contributed by atoms with van der Waals surface area (Å²) in [5.41, 5.74) is 5.80. The summed E-state index contributed by atoms with van der Waals surface area (Å²) >= 11 is 3.39. The molecule has 0 heterocycles. The molecule has 0 bridgehead atoms. The number of alkyl carbamates (subject to hydrolysis) is 1. The largest absolute Gasteiger partial charge is 0.514 e. The van der Waals surface area contributed by atoms with Gasteiger partial charge in [0.15, 0.2) is 0 Å². The van der Waals surface area contributed by atoms with Crippen molar-refractivity contribution in [2.75, 3.05) is 0 Å². The van der Waals surface area contributed by atoms with Crippen LogP contribution >= 0.6 is 15.9 Å². The Morgan fingerprint density at radius 3 is 2.10 bits per heavy atom. The second kappa shape index (κ2) is 15.4. The summed E-state index contributed by atoms with van der Waals surface area (Å²) in [5, 5.41) is 2.51. The molecule has 42 heavy (non-hydrogen) atoms. The van der Waals surface area contributed by atoms with Crippen LogP contribution in [-0.2, 0) is 38.6 Å². The fourth-order valence-corrected chi connectivity index (χ4v) is 3.82. The molecule has 0 radical (unpaired) electrons. The zero-order chi connectivity index (χ0) is 30.5. The molecule has 3 amide bonds. The number of hydrogen-bond donors (Lipinski definition) is 3. The Morgan fingerprint density at radius 2 is 1.43 bits per heavy atom. The minimum absolute atomic E-state index is 0.00783. The molecule has 222 valence electrons. The van der Waals surface area contributed by atoms with Gasteiger partial charge in [-0.3, -0.25) is 10.2 Å². The molecule has 3 aromatic rings. The second-order valence-electron chi connectivity index (χ2n) is 9.96. The van der Waals surface area contributed by atoms with Crippen molar-refractivity contribution in [2.24, 2.45) is 0 Å². The highest BCUT2D eigenvalue weighted by Crippen LogP contribution is 2.18. The van der Waals surface area contributed by atoms with Crippen LogP contribution in [-0.4, -0.2) is 35.9 Å². The van der Waals surface area contributed by atoms with E-state index in [2.05, 4.69) is 32.1 Å². The van der Waals surface area contributed by atoms with E-state index < -0.39 is 35.9 Å². The van der Waals surface area contributed by atoms with Gasteiger partial charge in [-0.2, -0.15) is 0 Å². The van der Waals surface area contributed by atoms with Crippen LogP contribution in [0.3, 0.4) is 0 Å². The topological polar surface area (TPSA) is 141 Å². The summed E-state index contributed by atoms with van der Waals surface area (Å²) in [4.78, 5) is 49.5. The predicted octanol–water partition coefficient (Wildman–Crippen LogP) is 5.56. The van der Waals surface area contributed by atoms with Gasteiger partial charge < -0.3 is 24.3 Å². The van der Waals surface area contributed by atoms with Gasteiger partial charge in [0.25, 0.3) is 5.91 Å². The van der Waals surface area contributed by atoms with Crippen LogP contribution in [0.25, 0.3) is 0 Å². The lowest BCUT2D eigenvalue weighted by molar-refractivity contribution is -0.124. The van der Waals surface area contributed by atoms with Crippen molar-refractivity contribution in [2.45, 2.75) is 52.0 Å². The molecule has 0 aromatic heterocycles. The fourth-order valence-electron chi connectivity index (χ4n) is 3.43. The van der Waals surface area contributed by atoms with E-state index in [1.807, 2.05) is 30.3 Å². The van der Waals surface area contributed by atoms with Crippen molar-refractivity contribution in [3.8, 4) is 5.75 Å². The van der Waals surface area contributed by atoms with Crippen molar-refractivity contribution >= 4 is 40.2 Å². The van der Waals surface area contributed by atoms with Gasteiger partial charge in [0.2, 0.25) is 0 Å². The second-order valence-corrected chi connectivity index (χ2v) is 10.8. The summed E-state index contributed by atoms with van der Waals surface area (Å²) in [6.07, 6.45) is -2.55. The summed E-state index contributed by atoms with van der Waals surface area (Å²) in [6.45, 7) is 5.10. The number of halogens is 1. The van der Waals surface area contributed by atoms with Crippen molar-refractivity contribution in [1.82, 2.24) is 16.2 Å². The van der Waals surface area contributed by atoms with E-state index in [-0.39, 0.29) is 25.4 Å². The molecule has 3 rings (SSSR count). The average Bonchev–Trinajstić information content (AvgIpc) is 2.94. The normalized spacial score (nSPS) is 11.4. The highest BCUT2D eigenvalue weighted by Gasteiger charge is 2.25. The molecule has 3 aromatic carbocycles. The molecule has 0 saturated heterocycles. The van der Waals surface area contributed by atoms with Crippen LogP contribution in [0.2, 0.25) is 0 Å². The first-order valence-corrected chi connectivity index (χ1v) is 13.7. The molecule has 0 aliphatic carbocycles. The molecule has 0 aliphatic rings. The third kappa shape index (κ3) is 11.5. The lowest BCUT2D eigenvalue weighted by Crippen LogP contribution is -2.53. The quantitative estimate of drug-likeness (QED) is 0.119. The molecular weight excluding hydrogens is 610 g/mol. The maximum absolute atomic E-state index is 12.9. The summed E-state index contributed by atoms with van der Waals surface area (Å²) in [5.74, 6) is -0.492. The maximum atomic E-state index is 12.9. The van der Waals surface area contributed by atoms with E-state index in [1.54, 1.807) is 57.2 Å². The Labute approximate surface area is 252 Å². The van der Waals surface area contributed by atoms with Crippen LogP contribution in [0.15, 0.2) is 83.3 Å². The van der Waals surface area contributed by atoms with E-state index in [0.717, 1.165) is 15.6 Å². The van der Waals surface area contributed by atoms with Gasteiger partial charge in [-0.25, -0.2) is 19.8 Å². The first-order chi connectivity index (χ1) is 20.0. The fraction of sp³-hybridized carbons (Fsp3) is 0.267. The number of carbonyl (C=O) groups excluding carboxylic acids is 4. The number of ether oxygens (including phenoxy) is 4. The monoisotopic (exact) mass is 641 g/mol. The Kier molecular flexibility index (Phi) is 11.7. The third-order valence-corrected chi connectivity index (χ3v) is 6.15. The van der Waals surface area contributed by atoms with Gasteiger partial charge in [-0.1, -0.05) is 76.6 Å². The predicted molar refractivity (Wildman–Crippen MR) is 156 cm³/mol. The number of rotatable bonds is 9. The van der Waals surface area contributed by atoms with Gasteiger partial charge in [0.05, 0.1) is 0 Å². The molecule has 0 saturated carbocycles. The number of hydrogen-bond acceptors (Lipinski definition) is 8. The van der Waals surface area contributed by atoms with Crippen LogP contribution in [0.1, 0.15) is 37.5 Å². The number of benzene rings is 3. The molecule has 12 heteroatoms. The summed E-state index contributed by atoms with van der Waals surface area (Å²) in [6, 6.07) is 21.5. The minimum Gasteiger partial charge on any atom is -0.444 e. The van der Waals surface area contributed by atoms with Crippen LogP contribution in [0.5, 0.6) is 5.75 Å². The Balaban J connectivity index is 1.56. The summed E-state index contributed by atoms with van der Waals surface area (Å²) in [7, 11) is 0. The first kappa shape index (κ1) is 31.9. The highest BCUT2D eigenvalue weighted by molar-refractivity contribution is 9.10. The number of carbonyl (C=O) groups is 4. The van der Waals surface area contributed by atoms with Crippen molar-refractivity contribution in [1.29, 1.82) is 0 Å². The van der Waals surface area contributed by atoms with Crippen molar-refractivity contribution in [3.05, 3.63) is 100 Å². The van der Waals surface area contributed by atoms with Crippen LogP contribution in [0.4, 0.5) is 14.4 Å². The van der Waals surface area contributed by atoms with E-state index in [0.29, 0.717) is 5.56 Å². The molecule has 0 unspecified atom stereocenters. The van der Waals surface area contributed by atoms with E-state index >= 15 is 0 Å². The maximum Gasteiger partial charge on any atom is 0.514 e. The Morgan fingerprint density at radius 1 is 0.762 bits per heavy atom. The smallest absolute Gasteiger partial charge is 0.444 e. The van der Waals surface area contributed by atoms with Gasteiger partial charge >= 0.3 is 18.3 Å². The Bertz CT molecular complexity index is 1360. The number of hydrazine groups is 1. The SMILES string of the molecule is CC(C)(C)OC(=O)N[C@@H](Cc1ccc(OC(=O)OCc2ccccc2Br)cc1)C(=O)NNC(=O)OCc1ccccc1. The van der Waals surface area contributed by atoms with E-state index in [9.17, 15) is 19.2 Å². The molecule has 0 fully saturated rings. The lowest BCUT2D eigenvalue weighted by atomic mass is 10.1. The molecule has 0 aliphatic heterocycles. The van der Waals surface area contributed by atoms with Gasteiger partial charge in [-0.05, 0) is 50.1 Å². The third-order valence-electron chi connectivity index (χ3n) is 5.38. The van der Waals surface area contributed by atoms with E-state index in [1.165, 1.54) is 12.1 Å². The lowest BCUT2D eigenvalue weighted by Gasteiger charge is -2.23. The molecular formula is C30H32BrN3O8. The van der Waals surface area contributed by atoms with Crippen molar-refractivity contribution < 1.29 is 38.1 Å². The van der Waals surface area contributed by atoms with Crippen molar-refractivity contribution in [3.63, 3.8) is 0 Å². The van der Waals surface area contributed by atoms with Crippen LogP contribution < -0.4 is 20.9 Å². The molecule has 3 N–H and O–H groups in total. The van der Waals surface area contributed by atoms with Gasteiger partial charge in [0.1, 0.15) is 30.6 Å². The van der Waals surface area contributed by atoms with Gasteiger partial charge in [0, 0.05) is 16.5 Å². The Hall–Kier alpha value is -4.58. The minimum atomic E-state index is -1.13. The van der Waals surface area contributed by atoms with E-state index in [4.69, 9.17) is 18.9 Å². The average molecular weight is 643 g/mol. The van der Waals surface area contributed by atoms with Crippen LogP contribution in [0, 0.1) is 0 Å². The summed E-state index contributed by atoms with van der Waals surface area (Å²) < 4.78 is 21.5. The zero-order valence-corrected chi connectivity index (χ0v) is 24.9. The first-order valence-electron chi connectivity index (χ1n) is 12.9. The molecule has 1 atom stereocenters. The number of nitrogens with one attached hydrogen (secondary N) is 3. The molecule has 11 nitrogen and oxygen atoms in total. The number of amides is 3. The standard InChI is InChI=1S/C30H32BrN3O8/c1-30(2,3)42-27(36)32-25(26(35)33-34-28(37)39-18-21-9-5-4-6-10-21)17-20-13-15-23(16-14-20)41-29(38)40-19-22-11-7-8-12-24(22)31/h4-16,25H,17-19H2,1-3H3,(H,32,36)(H,33,35)(H,34,37)/t25-/m0/s1. The zero-order valence-electron chi connectivity index (χ0n) is 23.3.